The number of carbonyl (C=O) groups is 1. The van der Waals surface area contributed by atoms with Gasteiger partial charge >= 0.3 is 0 Å². The summed E-state index contributed by atoms with van der Waals surface area (Å²) >= 11 is 0. The second kappa shape index (κ2) is 8.27. The van der Waals surface area contributed by atoms with E-state index < -0.39 is 10.0 Å². The number of hydrogen-bond donors (Lipinski definition) is 2. The Balaban J connectivity index is 1.54. The Morgan fingerprint density at radius 2 is 1.90 bits per heavy atom. The van der Waals surface area contributed by atoms with Gasteiger partial charge in [-0.2, -0.15) is 4.31 Å². The van der Waals surface area contributed by atoms with Crippen LogP contribution in [0, 0.1) is 13.8 Å². The van der Waals surface area contributed by atoms with Crippen LogP contribution in [0.4, 0.5) is 5.69 Å². The normalized spacial score (nSPS) is 15.3. The molecule has 1 aromatic carbocycles. The number of amides is 1. The summed E-state index contributed by atoms with van der Waals surface area (Å²) in [6.45, 7) is 4.65. The molecule has 4 rings (SSSR count). The average molecular weight is 444 g/mol. The maximum Gasteiger partial charge on any atom is 0.266 e. The second-order valence-corrected chi connectivity index (χ2v) is 9.73. The Morgan fingerprint density at radius 1 is 1.16 bits per heavy atom. The van der Waals surface area contributed by atoms with E-state index in [0.717, 1.165) is 25.0 Å². The Hall–Kier alpha value is -2.98. The molecular formula is C21H25N5O4S. The molecule has 0 spiro atoms. The van der Waals surface area contributed by atoms with Crippen molar-refractivity contribution in [2.45, 2.75) is 44.4 Å². The number of aromatic amines is 1. The molecule has 10 heteroatoms. The average Bonchev–Trinajstić information content (AvgIpc) is 3.12. The standard InChI is InChI=1S/C21H25N5O4S/c1-14-18(15(2)26-19(22-14)13-21(28)24-26)12-20(27)23-16-7-6-8-17(11-16)31(29,30)25-9-4-3-5-10-25/h6-8,11,13H,3-5,9-10,12H2,1-2H3,(H,23,27)(H,24,28). The molecule has 1 saturated heterocycles. The van der Waals surface area contributed by atoms with Gasteiger partial charge in [0.25, 0.3) is 5.56 Å². The van der Waals surface area contributed by atoms with E-state index in [0.29, 0.717) is 35.7 Å². The molecule has 31 heavy (non-hydrogen) atoms. The highest BCUT2D eigenvalue weighted by atomic mass is 32.2. The Bertz CT molecular complexity index is 1300. The monoisotopic (exact) mass is 443 g/mol. The van der Waals surface area contributed by atoms with E-state index in [1.165, 1.54) is 16.4 Å². The first-order valence-electron chi connectivity index (χ1n) is 10.2. The highest BCUT2D eigenvalue weighted by Gasteiger charge is 2.26. The molecule has 1 aliphatic heterocycles. The van der Waals surface area contributed by atoms with E-state index in [-0.39, 0.29) is 22.8 Å². The fraction of sp³-hybridized carbons (Fsp3) is 0.381. The molecule has 0 saturated carbocycles. The van der Waals surface area contributed by atoms with Crippen molar-refractivity contribution in [3.8, 4) is 0 Å². The molecular weight excluding hydrogens is 418 g/mol. The molecule has 164 valence electrons. The van der Waals surface area contributed by atoms with Crippen LogP contribution in [0.2, 0.25) is 0 Å². The number of sulfonamides is 1. The molecule has 1 amide bonds. The van der Waals surface area contributed by atoms with Gasteiger partial charge < -0.3 is 5.32 Å². The highest BCUT2D eigenvalue weighted by Crippen LogP contribution is 2.23. The molecule has 0 unspecified atom stereocenters. The zero-order valence-electron chi connectivity index (χ0n) is 17.5. The van der Waals surface area contributed by atoms with E-state index in [1.807, 2.05) is 6.92 Å². The number of rotatable bonds is 5. The lowest BCUT2D eigenvalue weighted by Gasteiger charge is -2.26. The van der Waals surface area contributed by atoms with Gasteiger partial charge in [-0.05, 0) is 44.9 Å². The van der Waals surface area contributed by atoms with Crippen LogP contribution in [0.15, 0.2) is 40.0 Å². The van der Waals surface area contributed by atoms with Crippen LogP contribution in [-0.4, -0.2) is 46.3 Å². The fourth-order valence-electron chi connectivity index (χ4n) is 3.97. The van der Waals surface area contributed by atoms with Crippen LogP contribution in [0.25, 0.3) is 5.65 Å². The summed E-state index contributed by atoms with van der Waals surface area (Å²) in [5.74, 6) is -0.297. The van der Waals surface area contributed by atoms with E-state index >= 15 is 0 Å². The van der Waals surface area contributed by atoms with Crippen molar-refractivity contribution in [3.63, 3.8) is 0 Å². The number of aromatic nitrogens is 3. The lowest BCUT2D eigenvalue weighted by Crippen LogP contribution is -2.35. The van der Waals surface area contributed by atoms with Gasteiger partial charge in [0.1, 0.15) is 0 Å². The van der Waals surface area contributed by atoms with Gasteiger partial charge in [-0.1, -0.05) is 12.5 Å². The summed E-state index contributed by atoms with van der Waals surface area (Å²) in [5.41, 5.74) is 2.74. The van der Waals surface area contributed by atoms with Crippen molar-refractivity contribution in [1.82, 2.24) is 18.9 Å². The number of anilines is 1. The number of fused-ring (bicyclic) bond motifs is 1. The number of hydrogen-bond acceptors (Lipinski definition) is 5. The largest absolute Gasteiger partial charge is 0.326 e. The van der Waals surface area contributed by atoms with Crippen LogP contribution in [-0.2, 0) is 21.2 Å². The van der Waals surface area contributed by atoms with Gasteiger partial charge in [0, 0.05) is 41.8 Å². The first kappa shape index (κ1) is 21.3. The van der Waals surface area contributed by atoms with Gasteiger partial charge in [0.05, 0.1) is 11.3 Å². The smallest absolute Gasteiger partial charge is 0.266 e. The van der Waals surface area contributed by atoms with E-state index in [2.05, 4.69) is 15.4 Å². The molecule has 2 N–H and O–H groups in total. The SMILES string of the molecule is Cc1nc2cc(=O)[nH]n2c(C)c1CC(=O)Nc1cccc(S(=O)(=O)N2CCCCC2)c1. The van der Waals surface area contributed by atoms with Crippen molar-refractivity contribution >= 4 is 27.3 Å². The van der Waals surface area contributed by atoms with Gasteiger partial charge in [-0.3, -0.25) is 14.7 Å². The third-order valence-corrected chi connectivity index (χ3v) is 7.50. The summed E-state index contributed by atoms with van der Waals surface area (Å²) in [5, 5.41) is 5.45. The van der Waals surface area contributed by atoms with Crippen molar-refractivity contribution in [1.29, 1.82) is 0 Å². The van der Waals surface area contributed by atoms with Gasteiger partial charge in [0.2, 0.25) is 15.9 Å². The predicted octanol–water partition coefficient (Wildman–Crippen LogP) is 2.00. The lowest BCUT2D eigenvalue weighted by atomic mass is 10.1. The minimum absolute atomic E-state index is 0.0456. The van der Waals surface area contributed by atoms with Crippen LogP contribution in [0.3, 0.4) is 0 Å². The summed E-state index contributed by atoms with van der Waals surface area (Å²) in [6.07, 6.45) is 2.81. The maximum atomic E-state index is 12.9. The van der Waals surface area contributed by atoms with Gasteiger partial charge in [-0.15, -0.1) is 0 Å². The fourth-order valence-corrected chi connectivity index (χ4v) is 5.53. The molecule has 1 aliphatic rings. The van der Waals surface area contributed by atoms with E-state index in [9.17, 15) is 18.0 Å². The third-order valence-electron chi connectivity index (χ3n) is 5.61. The highest BCUT2D eigenvalue weighted by molar-refractivity contribution is 7.89. The minimum atomic E-state index is -3.58. The quantitative estimate of drug-likeness (QED) is 0.626. The topological polar surface area (TPSA) is 117 Å². The molecule has 1 fully saturated rings. The Morgan fingerprint density at radius 3 is 2.65 bits per heavy atom. The summed E-state index contributed by atoms with van der Waals surface area (Å²) < 4.78 is 28.9. The van der Waals surface area contributed by atoms with Crippen LogP contribution < -0.4 is 10.9 Å². The van der Waals surface area contributed by atoms with Crippen molar-refractivity contribution in [2.75, 3.05) is 18.4 Å². The molecule has 0 aliphatic carbocycles. The maximum absolute atomic E-state index is 12.9. The molecule has 0 bridgehead atoms. The molecule has 2 aromatic heterocycles. The van der Waals surface area contributed by atoms with Gasteiger partial charge in [0.15, 0.2) is 5.65 Å². The number of piperidine rings is 1. The second-order valence-electron chi connectivity index (χ2n) is 7.79. The van der Waals surface area contributed by atoms with E-state index in [1.54, 1.807) is 29.6 Å². The summed E-state index contributed by atoms with van der Waals surface area (Å²) in [6, 6.07) is 7.73. The number of nitrogens with zero attached hydrogens (tertiary/aromatic N) is 3. The molecule has 3 heterocycles. The zero-order chi connectivity index (χ0) is 22.2. The van der Waals surface area contributed by atoms with Crippen molar-refractivity contribution < 1.29 is 13.2 Å². The van der Waals surface area contributed by atoms with Crippen LogP contribution in [0.5, 0.6) is 0 Å². The first-order valence-corrected chi connectivity index (χ1v) is 11.7. The van der Waals surface area contributed by atoms with Crippen molar-refractivity contribution in [3.05, 3.63) is 57.6 Å². The Labute approximate surface area is 180 Å². The number of benzene rings is 1. The number of H-pyrrole nitrogens is 1. The minimum Gasteiger partial charge on any atom is -0.326 e. The van der Waals surface area contributed by atoms with Crippen LogP contribution in [0.1, 0.15) is 36.2 Å². The molecule has 0 radical (unpaired) electrons. The Kier molecular flexibility index (Phi) is 5.67. The first-order chi connectivity index (χ1) is 14.8. The zero-order valence-corrected chi connectivity index (χ0v) is 18.3. The van der Waals surface area contributed by atoms with Gasteiger partial charge in [-0.25, -0.2) is 17.9 Å². The lowest BCUT2D eigenvalue weighted by molar-refractivity contribution is -0.115. The summed E-state index contributed by atoms with van der Waals surface area (Å²) in [7, 11) is -3.58. The van der Waals surface area contributed by atoms with Crippen molar-refractivity contribution in [2.24, 2.45) is 0 Å². The molecule has 0 atom stereocenters. The number of carbonyl (C=O) groups excluding carboxylic acids is 1. The van der Waals surface area contributed by atoms with Crippen LogP contribution >= 0.6 is 0 Å². The molecule has 3 aromatic rings. The third kappa shape index (κ3) is 4.26. The summed E-state index contributed by atoms with van der Waals surface area (Å²) in [4.78, 5) is 28.9. The number of aryl methyl sites for hydroxylation is 2. The molecule has 9 nitrogen and oxygen atoms in total. The van der Waals surface area contributed by atoms with E-state index in [4.69, 9.17) is 0 Å². The predicted molar refractivity (Wildman–Crippen MR) is 117 cm³/mol. The number of nitrogens with one attached hydrogen (secondary N) is 2.